The SMILES string of the molecule is CCOc1cc(CNC(C)(C)C)c(Cl)cc1OCc1ccc(F)cc1. The van der Waals surface area contributed by atoms with Gasteiger partial charge in [-0.15, -0.1) is 0 Å². The fourth-order valence-electron chi connectivity index (χ4n) is 2.20. The molecule has 0 saturated carbocycles. The molecule has 136 valence electrons. The number of ether oxygens (including phenoxy) is 2. The summed E-state index contributed by atoms with van der Waals surface area (Å²) in [6.45, 7) is 9.71. The van der Waals surface area contributed by atoms with E-state index in [1.165, 1.54) is 12.1 Å². The van der Waals surface area contributed by atoms with Crippen LogP contribution < -0.4 is 14.8 Å². The predicted octanol–water partition coefficient (Wildman–Crippen LogP) is 5.34. The normalized spacial score (nSPS) is 11.4. The molecule has 0 amide bonds. The molecule has 0 heterocycles. The van der Waals surface area contributed by atoms with Crippen molar-refractivity contribution in [3.8, 4) is 11.5 Å². The molecule has 0 atom stereocenters. The Labute approximate surface area is 154 Å². The van der Waals surface area contributed by atoms with Crippen molar-refractivity contribution in [1.82, 2.24) is 5.32 Å². The van der Waals surface area contributed by atoms with Crippen LogP contribution in [0.5, 0.6) is 11.5 Å². The molecule has 0 fully saturated rings. The summed E-state index contributed by atoms with van der Waals surface area (Å²) in [6, 6.07) is 9.89. The molecular formula is C20H25ClFNO2. The molecule has 0 aliphatic heterocycles. The van der Waals surface area contributed by atoms with E-state index >= 15 is 0 Å². The van der Waals surface area contributed by atoms with E-state index in [9.17, 15) is 4.39 Å². The Morgan fingerprint density at radius 1 is 1.04 bits per heavy atom. The number of hydrogen-bond acceptors (Lipinski definition) is 3. The average Bonchev–Trinajstić information content (AvgIpc) is 2.54. The van der Waals surface area contributed by atoms with Crippen LogP contribution in [0.4, 0.5) is 4.39 Å². The lowest BCUT2D eigenvalue weighted by atomic mass is 10.1. The van der Waals surface area contributed by atoms with E-state index < -0.39 is 0 Å². The summed E-state index contributed by atoms with van der Waals surface area (Å²) in [5.74, 6) is 0.966. The molecule has 2 aromatic rings. The first-order valence-corrected chi connectivity index (χ1v) is 8.74. The second-order valence-corrected chi connectivity index (χ2v) is 7.25. The molecule has 2 aromatic carbocycles. The lowest BCUT2D eigenvalue weighted by Gasteiger charge is -2.22. The summed E-state index contributed by atoms with van der Waals surface area (Å²) >= 11 is 6.41. The quantitative estimate of drug-likeness (QED) is 0.717. The van der Waals surface area contributed by atoms with Crippen molar-refractivity contribution in [2.45, 2.75) is 46.4 Å². The molecule has 0 aliphatic carbocycles. The number of halogens is 2. The van der Waals surface area contributed by atoms with Gasteiger partial charge in [0.05, 0.1) is 6.61 Å². The monoisotopic (exact) mass is 365 g/mol. The molecule has 3 nitrogen and oxygen atoms in total. The standard InChI is InChI=1S/C20H25ClFNO2/c1-5-24-18-10-15(12-23-20(2,3)4)17(21)11-19(18)25-13-14-6-8-16(22)9-7-14/h6-11,23H,5,12-13H2,1-4H3. The molecule has 0 radical (unpaired) electrons. The van der Waals surface area contributed by atoms with Gasteiger partial charge < -0.3 is 14.8 Å². The van der Waals surface area contributed by atoms with Crippen LogP contribution in [-0.4, -0.2) is 12.1 Å². The Balaban J connectivity index is 2.15. The molecular weight excluding hydrogens is 341 g/mol. The lowest BCUT2D eigenvalue weighted by molar-refractivity contribution is 0.269. The van der Waals surface area contributed by atoms with Gasteiger partial charge in [0, 0.05) is 23.2 Å². The maximum atomic E-state index is 13.0. The molecule has 25 heavy (non-hydrogen) atoms. The fraction of sp³-hybridized carbons (Fsp3) is 0.400. The van der Waals surface area contributed by atoms with Crippen LogP contribution in [0.3, 0.4) is 0 Å². The highest BCUT2D eigenvalue weighted by Crippen LogP contribution is 2.34. The van der Waals surface area contributed by atoms with Crippen LogP contribution in [0.25, 0.3) is 0 Å². The van der Waals surface area contributed by atoms with E-state index in [-0.39, 0.29) is 11.4 Å². The van der Waals surface area contributed by atoms with Gasteiger partial charge in [-0.05, 0) is 57.0 Å². The van der Waals surface area contributed by atoms with Gasteiger partial charge in [0.15, 0.2) is 11.5 Å². The number of rotatable bonds is 7. The first-order chi connectivity index (χ1) is 11.8. The number of benzene rings is 2. The van der Waals surface area contributed by atoms with Gasteiger partial charge in [0.25, 0.3) is 0 Å². The zero-order valence-corrected chi connectivity index (χ0v) is 15.9. The third-order valence-electron chi connectivity index (χ3n) is 3.53. The Morgan fingerprint density at radius 3 is 2.28 bits per heavy atom. The Kier molecular flexibility index (Phi) is 6.68. The maximum absolute atomic E-state index is 13.0. The lowest BCUT2D eigenvalue weighted by Crippen LogP contribution is -2.35. The van der Waals surface area contributed by atoms with Crippen molar-refractivity contribution < 1.29 is 13.9 Å². The van der Waals surface area contributed by atoms with Gasteiger partial charge in [-0.3, -0.25) is 0 Å². The Morgan fingerprint density at radius 2 is 1.68 bits per heavy atom. The smallest absolute Gasteiger partial charge is 0.163 e. The third-order valence-corrected chi connectivity index (χ3v) is 3.88. The molecule has 0 unspecified atom stereocenters. The van der Waals surface area contributed by atoms with E-state index in [1.807, 2.05) is 13.0 Å². The highest BCUT2D eigenvalue weighted by Gasteiger charge is 2.14. The summed E-state index contributed by atoms with van der Waals surface area (Å²) in [4.78, 5) is 0. The van der Waals surface area contributed by atoms with Crippen LogP contribution in [0.1, 0.15) is 38.8 Å². The van der Waals surface area contributed by atoms with Crippen LogP contribution in [-0.2, 0) is 13.2 Å². The number of hydrogen-bond donors (Lipinski definition) is 1. The van der Waals surface area contributed by atoms with Crippen LogP contribution in [0.2, 0.25) is 5.02 Å². The minimum Gasteiger partial charge on any atom is -0.490 e. The van der Waals surface area contributed by atoms with E-state index in [2.05, 4.69) is 26.1 Å². The van der Waals surface area contributed by atoms with E-state index in [0.717, 1.165) is 11.1 Å². The van der Waals surface area contributed by atoms with Crippen LogP contribution in [0.15, 0.2) is 36.4 Å². The van der Waals surface area contributed by atoms with Crippen molar-refractivity contribution in [2.75, 3.05) is 6.61 Å². The second kappa shape index (κ2) is 8.54. The van der Waals surface area contributed by atoms with Crippen LogP contribution >= 0.6 is 11.6 Å². The van der Waals surface area contributed by atoms with Crippen molar-refractivity contribution in [3.05, 3.63) is 58.4 Å². The van der Waals surface area contributed by atoms with Crippen LogP contribution in [0, 0.1) is 5.82 Å². The van der Waals surface area contributed by atoms with Crippen molar-refractivity contribution in [1.29, 1.82) is 0 Å². The average molecular weight is 366 g/mol. The minimum atomic E-state index is -0.266. The van der Waals surface area contributed by atoms with Crippen molar-refractivity contribution in [2.24, 2.45) is 0 Å². The largest absolute Gasteiger partial charge is 0.490 e. The third kappa shape index (κ3) is 6.22. The Hall–Kier alpha value is -1.78. The van der Waals surface area contributed by atoms with Crippen molar-refractivity contribution >= 4 is 11.6 Å². The van der Waals surface area contributed by atoms with Gasteiger partial charge >= 0.3 is 0 Å². The molecule has 1 N–H and O–H groups in total. The van der Waals surface area contributed by atoms with Crippen molar-refractivity contribution in [3.63, 3.8) is 0 Å². The summed E-state index contributed by atoms with van der Waals surface area (Å²) in [6.07, 6.45) is 0. The summed E-state index contributed by atoms with van der Waals surface area (Å²) in [7, 11) is 0. The summed E-state index contributed by atoms with van der Waals surface area (Å²) in [5.41, 5.74) is 1.82. The molecule has 5 heteroatoms. The maximum Gasteiger partial charge on any atom is 0.163 e. The van der Waals surface area contributed by atoms with Gasteiger partial charge in [0.2, 0.25) is 0 Å². The topological polar surface area (TPSA) is 30.5 Å². The zero-order valence-electron chi connectivity index (χ0n) is 15.2. The molecule has 0 bridgehead atoms. The fourth-order valence-corrected chi connectivity index (χ4v) is 2.42. The summed E-state index contributed by atoms with van der Waals surface area (Å²) < 4.78 is 24.5. The summed E-state index contributed by atoms with van der Waals surface area (Å²) in [5, 5.41) is 4.03. The first kappa shape index (κ1) is 19.5. The van der Waals surface area contributed by atoms with Gasteiger partial charge in [-0.25, -0.2) is 4.39 Å². The number of nitrogens with one attached hydrogen (secondary N) is 1. The second-order valence-electron chi connectivity index (χ2n) is 6.84. The minimum absolute atomic E-state index is 0.00708. The van der Waals surface area contributed by atoms with E-state index in [4.69, 9.17) is 21.1 Å². The Bertz CT molecular complexity index is 696. The molecule has 0 aromatic heterocycles. The van der Waals surface area contributed by atoms with Gasteiger partial charge in [-0.1, -0.05) is 23.7 Å². The van der Waals surface area contributed by atoms with E-state index in [1.54, 1.807) is 18.2 Å². The molecule has 0 saturated heterocycles. The van der Waals surface area contributed by atoms with Gasteiger partial charge in [0.1, 0.15) is 12.4 Å². The van der Waals surface area contributed by atoms with Gasteiger partial charge in [-0.2, -0.15) is 0 Å². The zero-order chi connectivity index (χ0) is 18.4. The highest BCUT2D eigenvalue weighted by molar-refractivity contribution is 6.31. The highest BCUT2D eigenvalue weighted by atomic mass is 35.5. The molecule has 0 aliphatic rings. The molecule has 2 rings (SSSR count). The predicted molar refractivity (Wildman–Crippen MR) is 99.9 cm³/mol. The van der Waals surface area contributed by atoms with E-state index in [0.29, 0.717) is 36.3 Å². The molecule has 0 spiro atoms. The first-order valence-electron chi connectivity index (χ1n) is 8.36.